The number of hydrogen-bond acceptors (Lipinski definition) is 4. The summed E-state index contributed by atoms with van der Waals surface area (Å²) in [6, 6.07) is 0. The molecule has 1 saturated heterocycles. The first-order chi connectivity index (χ1) is 9.44. The highest BCUT2D eigenvalue weighted by Gasteiger charge is 2.36. The zero-order valence-corrected chi connectivity index (χ0v) is 14.2. The fourth-order valence-corrected chi connectivity index (χ4v) is 2.90. The molecule has 120 valence electrons. The zero-order valence-electron chi connectivity index (χ0n) is 14.2. The Labute approximate surface area is 125 Å². The van der Waals surface area contributed by atoms with E-state index in [0.717, 1.165) is 32.7 Å². The average molecular weight is 286 g/mol. The van der Waals surface area contributed by atoms with E-state index in [1.165, 1.54) is 6.42 Å². The molecule has 1 aliphatic heterocycles. The maximum atomic E-state index is 5.52. The van der Waals surface area contributed by atoms with E-state index in [1.807, 2.05) is 0 Å². The number of hydrogen-bond donors (Lipinski definition) is 1. The third-order valence-electron chi connectivity index (χ3n) is 4.46. The van der Waals surface area contributed by atoms with Gasteiger partial charge in [0.1, 0.15) is 0 Å². The van der Waals surface area contributed by atoms with Crippen molar-refractivity contribution >= 4 is 0 Å². The highest BCUT2D eigenvalue weighted by atomic mass is 16.5. The van der Waals surface area contributed by atoms with Crippen molar-refractivity contribution < 1.29 is 9.47 Å². The van der Waals surface area contributed by atoms with E-state index < -0.39 is 0 Å². The van der Waals surface area contributed by atoms with Gasteiger partial charge in [-0.25, -0.2) is 0 Å². The van der Waals surface area contributed by atoms with Crippen molar-refractivity contribution in [1.29, 1.82) is 0 Å². The van der Waals surface area contributed by atoms with Gasteiger partial charge in [-0.3, -0.25) is 4.90 Å². The normalized spacial score (nSPS) is 27.1. The van der Waals surface area contributed by atoms with Crippen LogP contribution in [-0.4, -0.2) is 64.1 Å². The molecule has 1 rings (SSSR count). The molecule has 0 aliphatic carbocycles. The van der Waals surface area contributed by atoms with E-state index in [4.69, 9.17) is 9.47 Å². The molecule has 0 aromatic carbocycles. The van der Waals surface area contributed by atoms with Crippen LogP contribution in [0.15, 0.2) is 0 Å². The molecule has 0 aromatic heterocycles. The molecule has 0 radical (unpaired) electrons. The topological polar surface area (TPSA) is 33.7 Å². The van der Waals surface area contributed by atoms with Crippen LogP contribution in [0.2, 0.25) is 0 Å². The summed E-state index contributed by atoms with van der Waals surface area (Å²) in [6.45, 7) is 14.4. The van der Waals surface area contributed by atoms with Crippen molar-refractivity contribution in [2.24, 2.45) is 11.3 Å². The summed E-state index contributed by atoms with van der Waals surface area (Å²) in [7, 11) is 3.56. The van der Waals surface area contributed by atoms with Gasteiger partial charge in [0.05, 0.1) is 12.2 Å². The average Bonchev–Trinajstić information content (AvgIpc) is 2.80. The first-order valence-electron chi connectivity index (χ1n) is 7.92. The Balaban J connectivity index is 2.47. The van der Waals surface area contributed by atoms with Crippen molar-refractivity contribution in [3.05, 3.63) is 0 Å². The van der Waals surface area contributed by atoms with Crippen LogP contribution in [0.4, 0.5) is 0 Å². The predicted octanol–water partition coefficient (Wildman–Crippen LogP) is 1.99. The Hall–Kier alpha value is -0.160. The van der Waals surface area contributed by atoms with Gasteiger partial charge in [-0.15, -0.1) is 0 Å². The summed E-state index contributed by atoms with van der Waals surface area (Å²) in [5.74, 6) is 0.707. The van der Waals surface area contributed by atoms with Gasteiger partial charge in [0.2, 0.25) is 0 Å². The number of nitrogens with one attached hydrogen (secondary N) is 1. The largest absolute Gasteiger partial charge is 0.377 e. The summed E-state index contributed by atoms with van der Waals surface area (Å²) in [5.41, 5.74) is 0.315. The molecule has 3 atom stereocenters. The molecule has 0 saturated carbocycles. The molecule has 1 heterocycles. The molecule has 4 heteroatoms. The van der Waals surface area contributed by atoms with Crippen molar-refractivity contribution in [1.82, 2.24) is 10.2 Å². The van der Waals surface area contributed by atoms with Crippen LogP contribution < -0.4 is 5.32 Å². The van der Waals surface area contributed by atoms with Crippen molar-refractivity contribution in [2.75, 3.05) is 46.9 Å². The van der Waals surface area contributed by atoms with Crippen LogP contribution in [0.1, 0.15) is 34.1 Å². The molecule has 1 aliphatic rings. The quantitative estimate of drug-likeness (QED) is 0.703. The standard InChI is InChI=1S/C16H34N2O2/c1-7-16(4,11-17-8-13(2)3)12-18-9-14(19-5)15(10-18)20-6/h13-15,17H,7-12H2,1-6H3. The zero-order chi connectivity index (χ0) is 15.2. The molecule has 1 fully saturated rings. The van der Waals surface area contributed by atoms with E-state index in [0.29, 0.717) is 11.3 Å². The van der Waals surface area contributed by atoms with Gasteiger partial charge < -0.3 is 14.8 Å². The lowest BCUT2D eigenvalue weighted by atomic mass is 9.86. The van der Waals surface area contributed by atoms with Crippen molar-refractivity contribution in [3.63, 3.8) is 0 Å². The summed E-state index contributed by atoms with van der Waals surface area (Å²) >= 11 is 0. The molecule has 3 unspecified atom stereocenters. The predicted molar refractivity (Wildman–Crippen MR) is 84.1 cm³/mol. The highest BCUT2D eigenvalue weighted by molar-refractivity contribution is 4.89. The number of ether oxygens (including phenoxy) is 2. The molecular formula is C16H34N2O2. The summed E-state index contributed by atoms with van der Waals surface area (Å²) in [6.07, 6.45) is 1.61. The highest BCUT2D eigenvalue weighted by Crippen LogP contribution is 2.25. The summed E-state index contributed by atoms with van der Waals surface area (Å²) in [4.78, 5) is 2.49. The third kappa shape index (κ3) is 5.32. The third-order valence-corrected chi connectivity index (χ3v) is 4.46. The minimum Gasteiger partial charge on any atom is -0.377 e. The lowest BCUT2D eigenvalue weighted by molar-refractivity contribution is -0.00461. The van der Waals surface area contributed by atoms with Crippen LogP contribution in [0, 0.1) is 11.3 Å². The fourth-order valence-electron chi connectivity index (χ4n) is 2.90. The van der Waals surface area contributed by atoms with Crippen molar-refractivity contribution in [3.8, 4) is 0 Å². The number of rotatable bonds is 9. The van der Waals surface area contributed by atoms with Gasteiger partial charge in [0.25, 0.3) is 0 Å². The Kier molecular flexibility index (Phi) is 7.45. The number of nitrogens with zero attached hydrogens (tertiary/aromatic N) is 1. The molecule has 0 aromatic rings. The van der Waals surface area contributed by atoms with E-state index in [9.17, 15) is 0 Å². The molecule has 1 N–H and O–H groups in total. The van der Waals surface area contributed by atoms with E-state index in [2.05, 4.69) is 37.9 Å². The number of methoxy groups -OCH3 is 2. The maximum absolute atomic E-state index is 5.52. The van der Waals surface area contributed by atoms with Gasteiger partial charge in [-0.2, -0.15) is 0 Å². The molecule has 4 nitrogen and oxygen atoms in total. The van der Waals surface area contributed by atoms with E-state index >= 15 is 0 Å². The minimum absolute atomic E-state index is 0.213. The smallest absolute Gasteiger partial charge is 0.0971 e. The molecule has 20 heavy (non-hydrogen) atoms. The lowest BCUT2D eigenvalue weighted by Gasteiger charge is -2.33. The van der Waals surface area contributed by atoms with Crippen LogP contribution in [0.5, 0.6) is 0 Å². The summed E-state index contributed by atoms with van der Waals surface area (Å²) < 4.78 is 11.0. The SMILES string of the molecule is CCC(C)(CNCC(C)C)CN1CC(OC)C(OC)C1. The molecule has 0 bridgehead atoms. The van der Waals surface area contributed by atoms with E-state index in [1.54, 1.807) is 14.2 Å². The van der Waals surface area contributed by atoms with Gasteiger partial charge in [0, 0.05) is 40.4 Å². The fraction of sp³-hybridized carbons (Fsp3) is 1.00. The molecule has 0 amide bonds. The van der Waals surface area contributed by atoms with Crippen LogP contribution in [0.25, 0.3) is 0 Å². The Bertz CT molecular complexity index is 261. The van der Waals surface area contributed by atoms with E-state index in [-0.39, 0.29) is 12.2 Å². The Morgan fingerprint density at radius 2 is 1.75 bits per heavy atom. The molecule has 0 spiro atoms. The maximum Gasteiger partial charge on any atom is 0.0971 e. The van der Waals surface area contributed by atoms with Crippen LogP contribution in [-0.2, 0) is 9.47 Å². The van der Waals surface area contributed by atoms with Crippen molar-refractivity contribution in [2.45, 2.75) is 46.3 Å². The molecular weight excluding hydrogens is 252 g/mol. The van der Waals surface area contributed by atoms with Crippen LogP contribution in [0.3, 0.4) is 0 Å². The monoisotopic (exact) mass is 286 g/mol. The first-order valence-corrected chi connectivity index (χ1v) is 7.92. The van der Waals surface area contributed by atoms with Crippen LogP contribution >= 0.6 is 0 Å². The second kappa shape index (κ2) is 8.32. The second-order valence-corrected chi connectivity index (χ2v) is 6.93. The second-order valence-electron chi connectivity index (χ2n) is 6.93. The van der Waals surface area contributed by atoms with Gasteiger partial charge >= 0.3 is 0 Å². The van der Waals surface area contributed by atoms with Gasteiger partial charge in [-0.05, 0) is 24.3 Å². The Morgan fingerprint density at radius 3 is 2.15 bits per heavy atom. The van der Waals surface area contributed by atoms with Gasteiger partial charge in [-0.1, -0.05) is 27.7 Å². The Morgan fingerprint density at radius 1 is 1.20 bits per heavy atom. The minimum atomic E-state index is 0.213. The first kappa shape index (κ1) is 17.9. The lowest BCUT2D eigenvalue weighted by Crippen LogP contribution is -2.42. The van der Waals surface area contributed by atoms with Gasteiger partial charge in [0.15, 0.2) is 0 Å². The summed E-state index contributed by atoms with van der Waals surface area (Å²) in [5, 5.41) is 3.61. The number of likely N-dealkylation sites (tertiary alicyclic amines) is 1.